The topological polar surface area (TPSA) is 78.9 Å². The van der Waals surface area contributed by atoms with Crippen LogP contribution in [0.1, 0.15) is 57.4 Å². The Hall–Kier alpha value is -4.06. The largest absolute Gasteiger partial charge is 0.496 e. The average molecular weight is 485 g/mol. The van der Waals surface area contributed by atoms with E-state index < -0.39 is 11.3 Å². The van der Waals surface area contributed by atoms with E-state index in [1.165, 1.54) is 26.4 Å². The van der Waals surface area contributed by atoms with E-state index in [0.29, 0.717) is 23.0 Å². The molecule has 1 aliphatic rings. The maximum Gasteiger partial charge on any atom is 0.339 e. The number of rotatable bonds is 6. The van der Waals surface area contributed by atoms with Crippen LogP contribution in [0.5, 0.6) is 11.5 Å². The molecule has 0 aliphatic heterocycles. The summed E-state index contributed by atoms with van der Waals surface area (Å²) in [5, 5.41) is 0. The maximum atomic E-state index is 12.5. The summed E-state index contributed by atoms with van der Waals surface area (Å²) in [6, 6.07) is 22.7. The van der Waals surface area contributed by atoms with Crippen LogP contribution in [-0.2, 0) is 0 Å². The Morgan fingerprint density at radius 1 is 0.583 bits per heavy atom. The molecule has 2 aromatic heterocycles. The van der Waals surface area contributed by atoms with Crippen LogP contribution in [0.2, 0.25) is 0 Å². The zero-order valence-corrected chi connectivity index (χ0v) is 20.7. The van der Waals surface area contributed by atoms with E-state index in [1.54, 1.807) is 12.1 Å². The van der Waals surface area contributed by atoms with Gasteiger partial charge in [-0.2, -0.15) is 0 Å². The zero-order valence-electron chi connectivity index (χ0n) is 20.7. The van der Waals surface area contributed by atoms with Crippen molar-refractivity contribution < 1.29 is 18.3 Å². The fraction of sp³-hybridized carbons (Fsp3) is 0.267. The van der Waals surface area contributed by atoms with Crippen LogP contribution in [0.25, 0.3) is 0 Å². The normalized spacial score (nSPS) is 21.0. The average Bonchev–Trinajstić information content (AvgIpc) is 2.85. The predicted molar refractivity (Wildman–Crippen MR) is 136 cm³/mol. The van der Waals surface area contributed by atoms with Crippen LogP contribution in [0.3, 0.4) is 0 Å². The fourth-order valence-electron chi connectivity index (χ4n) is 5.66. The number of hydrogen-bond donors (Lipinski definition) is 0. The van der Waals surface area contributed by atoms with Crippen molar-refractivity contribution in [1.29, 1.82) is 0 Å². The van der Waals surface area contributed by atoms with Crippen molar-refractivity contribution in [3.63, 3.8) is 0 Å². The Morgan fingerprint density at radius 2 is 0.972 bits per heavy atom. The summed E-state index contributed by atoms with van der Waals surface area (Å²) in [5.74, 6) is 1.20. The summed E-state index contributed by atoms with van der Waals surface area (Å²) < 4.78 is 22.3. The Kier molecular flexibility index (Phi) is 6.27. The van der Waals surface area contributed by atoms with Gasteiger partial charge in [0.25, 0.3) is 0 Å². The Balaban J connectivity index is 1.79. The second-order valence-corrected chi connectivity index (χ2v) is 9.25. The summed E-state index contributed by atoms with van der Waals surface area (Å²) in [5.41, 5.74) is 3.62. The molecule has 2 heterocycles. The number of hydrogen-bond acceptors (Lipinski definition) is 6. The molecule has 1 fully saturated rings. The van der Waals surface area contributed by atoms with Crippen LogP contribution in [-0.4, -0.2) is 14.2 Å². The summed E-state index contributed by atoms with van der Waals surface area (Å²) >= 11 is 0. The molecule has 4 aromatic rings. The molecule has 4 atom stereocenters. The molecule has 0 N–H and O–H groups in total. The van der Waals surface area contributed by atoms with Crippen LogP contribution in [0.4, 0.5) is 0 Å². The molecule has 1 saturated carbocycles. The van der Waals surface area contributed by atoms with E-state index >= 15 is 0 Å². The molecule has 5 rings (SSSR count). The summed E-state index contributed by atoms with van der Waals surface area (Å²) in [4.78, 5) is 25.0. The third-order valence-corrected chi connectivity index (χ3v) is 7.30. The van der Waals surface area contributed by atoms with Crippen molar-refractivity contribution in [2.75, 3.05) is 14.2 Å². The first kappa shape index (κ1) is 23.7. The van der Waals surface area contributed by atoms with Crippen molar-refractivity contribution in [3.05, 3.63) is 127 Å². The van der Waals surface area contributed by atoms with Gasteiger partial charge in [-0.1, -0.05) is 48.5 Å². The van der Waals surface area contributed by atoms with Crippen molar-refractivity contribution in [2.45, 2.75) is 37.5 Å². The van der Waals surface area contributed by atoms with Crippen LogP contribution in [0, 0.1) is 13.8 Å². The molecule has 0 bridgehead atoms. The highest BCUT2D eigenvalue weighted by Gasteiger charge is 2.56. The van der Waals surface area contributed by atoms with Gasteiger partial charge in [-0.25, -0.2) is 9.59 Å². The second kappa shape index (κ2) is 9.53. The first-order valence-corrected chi connectivity index (χ1v) is 11.9. The monoisotopic (exact) mass is 484 g/mol. The van der Waals surface area contributed by atoms with Gasteiger partial charge in [0.1, 0.15) is 23.0 Å². The van der Waals surface area contributed by atoms with Gasteiger partial charge >= 0.3 is 11.3 Å². The van der Waals surface area contributed by atoms with Gasteiger partial charge in [-0.3, -0.25) is 0 Å². The smallest absolute Gasteiger partial charge is 0.339 e. The highest BCUT2D eigenvalue weighted by Crippen LogP contribution is 2.67. The van der Waals surface area contributed by atoms with Gasteiger partial charge in [-0.15, -0.1) is 0 Å². The molecule has 184 valence electrons. The lowest BCUT2D eigenvalue weighted by Gasteiger charge is -2.52. The molecule has 0 radical (unpaired) electrons. The van der Waals surface area contributed by atoms with E-state index in [0.717, 1.165) is 22.3 Å². The van der Waals surface area contributed by atoms with E-state index in [2.05, 4.69) is 38.1 Å². The molecule has 6 heteroatoms. The summed E-state index contributed by atoms with van der Waals surface area (Å²) in [6.07, 6.45) is 0. The molecular weight excluding hydrogens is 456 g/mol. The van der Waals surface area contributed by atoms with Crippen LogP contribution in [0.15, 0.2) is 91.2 Å². The lowest BCUT2D eigenvalue weighted by molar-refractivity contribution is 0.166. The minimum atomic E-state index is -0.488. The SMILES string of the molecule is COc1cc(C2C(c3cc(OC)cc(=O)o3)C(c3ccccc3C)C2c2ccccc2C)oc(=O)c1. The number of aryl methyl sites for hydroxylation is 2. The molecule has 36 heavy (non-hydrogen) atoms. The highest BCUT2D eigenvalue weighted by atomic mass is 16.5. The zero-order chi connectivity index (χ0) is 25.4. The maximum absolute atomic E-state index is 12.5. The predicted octanol–water partition coefficient (Wildman–Crippen LogP) is 5.68. The lowest BCUT2D eigenvalue weighted by Crippen LogP contribution is -2.41. The standard InChI is InChI=1S/C30H28O6/c1-17-9-5-7-11-21(17)27-28(22-12-8-6-10-18(22)2)30(24-14-20(34-4)16-26(32)36-24)29(27)23-13-19(33-3)15-25(31)35-23/h5-16,27-30H,1-4H3. The first-order valence-electron chi connectivity index (χ1n) is 11.9. The number of benzene rings is 2. The number of ether oxygens (including phenoxy) is 2. The molecule has 2 aromatic carbocycles. The third kappa shape index (κ3) is 4.13. The van der Waals surface area contributed by atoms with E-state index in [4.69, 9.17) is 18.3 Å². The van der Waals surface area contributed by atoms with Crippen LogP contribution >= 0.6 is 0 Å². The molecule has 0 spiro atoms. The lowest BCUT2D eigenvalue weighted by atomic mass is 9.50. The highest BCUT2D eigenvalue weighted by molar-refractivity contribution is 5.49. The Bertz CT molecular complexity index is 1400. The van der Waals surface area contributed by atoms with Gasteiger partial charge in [0.05, 0.1) is 26.4 Å². The first-order chi connectivity index (χ1) is 17.4. The summed E-state index contributed by atoms with van der Waals surface area (Å²) in [6.45, 7) is 4.17. The van der Waals surface area contributed by atoms with Crippen molar-refractivity contribution in [1.82, 2.24) is 0 Å². The van der Waals surface area contributed by atoms with E-state index in [-0.39, 0.29) is 23.7 Å². The minimum Gasteiger partial charge on any atom is -0.496 e. The second-order valence-electron chi connectivity index (χ2n) is 9.25. The molecule has 4 unspecified atom stereocenters. The molecular formula is C30H28O6. The van der Waals surface area contributed by atoms with Crippen molar-refractivity contribution >= 4 is 0 Å². The molecule has 0 amide bonds. The van der Waals surface area contributed by atoms with Gasteiger partial charge < -0.3 is 18.3 Å². The van der Waals surface area contributed by atoms with E-state index in [1.807, 2.05) is 24.3 Å². The fourth-order valence-corrected chi connectivity index (χ4v) is 5.66. The third-order valence-electron chi connectivity index (χ3n) is 7.30. The Morgan fingerprint density at radius 3 is 1.33 bits per heavy atom. The molecule has 0 saturated heterocycles. The van der Waals surface area contributed by atoms with Gasteiger partial charge in [-0.05, 0) is 36.1 Å². The molecule has 1 aliphatic carbocycles. The Labute approximate surface area is 209 Å². The van der Waals surface area contributed by atoms with Gasteiger partial charge in [0.15, 0.2) is 0 Å². The van der Waals surface area contributed by atoms with Gasteiger partial charge in [0.2, 0.25) is 0 Å². The number of methoxy groups -OCH3 is 2. The van der Waals surface area contributed by atoms with Crippen LogP contribution < -0.4 is 20.7 Å². The van der Waals surface area contributed by atoms with E-state index in [9.17, 15) is 9.59 Å². The van der Waals surface area contributed by atoms with Crippen molar-refractivity contribution in [3.8, 4) is 11.5 Å². The van der Waals surface area contributed by atoms with Crippen molar-refractivity contribution in [2.24, 2.45) is 0 Å². The summed E-state index contributed by atoms with van der Waals surface area (Å²) in [7, 11) is 3.04. The molecule has 6 nitrogen and oxygen atoms in total. The van der Waals surface area contributed by atoms with Gasteiger partial charge in [0, 0.05) is 35.8 Å². The quantitative estimate of drug-likeness (QED) is 0.351. The minimum absolute atomic E-state index is 0.0379.